The van der Waals surface area contributed by atoms with Crippen LogP contribution in [0.1, 0.15) is 115 Å². The van der Waals surface area contributed by atoms with E-state index in [4.69, 9.17) is 0 Å². The minimum absolute atomic E-state index is 0.410. The van der Waals surface area contributed by atoms with Crippen molar-refractivity contribution in [1.29, 1.82) is 0 Å². The van der Waals surface area contributed by atoms with Crippen molar-refractivity contribution in [3.05, 3.63) is 53.0 Å². The summed E-state index contributed by atoms with van der Waals surface area (Å²) in [6.45, 7) is 6.66. The van der Waals surface area contributed by atoms with Gasteiger partial charge in [-0.25, -0.2) is 13.8 Å². The van der Waals surface area contributed by atoms with Crippen LogP contribution in [0.2, 0.25) is 0 Å². The van der Waals surface area contributed by atoms with Gasteiger partial charge in [0.2, 0.25) is 5.95 Å². The smallest absolute Gasteiger partial charge is 0.219 e. The zero-order valence-corrected chi connectivity index (χ0v) is 22.0. The standard InChI is InChI=1S/C31H44F3N/c1-4-6-8-9-10-11-12-14-27-20-19-26-22-28(35-30(32)29(26)31(27,33)34)25-17-15-24(16-18-25)21-23(3)13-7-5-2/h15-18,22-23,27H,4-14,19-21H2,1-3H3. The van der Waals surface area contributed by atoms with Crippen LogP contribution in [0, 0.1) is 17.8 Å². The highest BCUT2D eigenvalue weighted by Crippen LogP contribution is 2.47. The van der Waals surface area contributed by atoms with Gasteiger partial charge in [-0.2, -0.15) is 4.39 Å². The van der Waals surface area contributed by atoms with Gasteiger partial charge in [-0.05, 0) is 48.8 Å². The van der Waals surface area contributed by atoms with E-state index in [-0.39, 0.29) is 0 Å². The van der Waals surface area contributed by atoms with Crippen molar-refractivity contribution in [3.63, 3.8) is 0 Å². The fourth-order valence-corrected chi connectivity index (χ4v) is 5.52. The van der Waals surface area contributed by atoms with Crippen molar-refractivity contribution in [2.24, 2.45) is 11.8 Å². The summed E-state index contributed by atoms with van der Waals surface area (Å²) >= 11 is 0. The van der Waals surface area contributed by atoms with E-state index < -0.39 is 23.4 Å². The van der Waals surface area contributed by atoms with Crippen molar-refractivity contribution in [3.8, 4) is 11.3 Å². The van der Waals surface area contributed by atoms with E-state index >= 15 is 13.2 Å². The maximum atomic E-state index is 15.3. The fraction of sp³-hybridized carbons (Fsp3) is 0.645. The van der Waals surface area contributed by atoms with Gasteiger partial charge in [-0.1, -0.05) is 109 Å². The van der Waals surface area contributed by atoms with Crippen LogP contribution in [-0.2, 0) is 18.8 Å². The molecule has 1 aliphatic rings. The first-order chi connectivity index (χ1) is 16.9. The second-order valence-corrected chi connectivity index (χ2v) is 10.7. The van der Waals surface area contributed by atoms with Crippen LogP contribution in [0.4, 0.5) is 13.2 Å². The van der Waals surface area contributed by atoms with Crippen LogP contribution < -0.4 is 0 Å². The molecular formula is C31H44F3N. The lowest BCUT2D eigenvalue weighted by molar-refractivity contribution is -0.0824. The number of nitrogens with zero attached hydrogens (tertiary/aromatic N) is 1. The molecule has 4 heteroatoms. The second-order valence-electron chi connectivity index (χ2n) is 10.7. The molecule has 2 unspecified atom stereocenters. The number of alkyl halides is 2. The maximum absolute atomic E-state index is 15.3. The highest BCUT2D eigenvalue weighted by Gasteiger charge is 2.47. The fourth-order valence-electron chi connectivity index (χ4n) is 5.52. The quantitative estimate of drug-likeness (QED) is 0.191. The van der Waals surface area contributed by atoms with Crippen LogP contribution in [0.25, 0.3) is 11.3 Å². The Morgan fingerprint density at radius 2 is 1.60 bits per heavy atom. The molecule has 0 aliphatic heterocycles. The normalized spacial score (nSPS) is 17.8. The van der Waals surface area contributed by atoms with E-state index in [0.717, 1.165) is 31.2 Å². The average Bonchev–Trinajstić information content (AvgIpc) is 2.83. The summed E-state index contributed by atoms with van der Waals surface area (Å²) in [5.41, 5.74) is 2.45. The van der Waals surface area contributed by atoms with E-state index in [1.165, 1.54) is 50.5 Å². The number of halogens is 3. The number of rotatable bonds is 14. The molecule has 2 aromatic rings. The number of hydrogen-bond donors (Lipinski definition) is 0. The van der Waals surface area contributed by atoms with Gasteiger partial charge in [0.25, 0.3) is 5.92 Å². The van der Waals surface area contributed by atoms with Gasteiger partial charge in [0.15, 0.2) is 0 Å². The first-order valence-electron chi connectivity index (χ1n) is 14.0. The van der Waals surface area contributed by atoms with Gasteiger partial charge in [0, 0.05) is 11.5 Å². The Balaban J connectivity index is 1.64. The molecule has 0 N–H and O–H groups in total. The summed E-state index contributed by atoms with van der Waals surface area (Å²) in [5, 5.41) is 0. The molecule has 1 heterocycles. The van der Waals surface area contributed by atoms with Crippen molar-refractivity contribution in [2.75, 3.05) is 0 Å². The Morgan fingerprint density at radius 1 is 0.943 bits per heavy atom. The summed E-state index contributed by atoms with van der Waals surface area (Å²) in [5.74, 6) is -4.31. The Bertz CT molecular complexity index is 906. The van der Waals surface area contributed by atoms with Crippen LogP contribution >= 0.6 is 0 Å². The van der Waals surface area contributed by atoms with Crippen LogP contribution in [0.3, 0.4) is 0 Å². The number of benzene rings is 1. The van der Waals surface area contributed by atoms with E-state index in [2.05, 4.69) is 37.9 Å². The van der Waals surface area contributed by atoms with Gasteiger partial charge in [0.05, 0.1) is 11.3 Å². The van der Waals surface area contributed by atoms with Gasteiger partial charge < -0.3 is 0 Å². The van der Waals surface area contributed by atoms with E-state index in [9.17, 15) is 0 Å². The molecule has 0 saturated heterocycles. The predicted octanol–water partition coefficient (Wildman–Crippen LogP) is 10.1. The molecule has 1 aromatic heterocycles. The lowest BCUT2D eigenvalue weighted by atomic mass is 9.78. The SMILES string of the molecule is CCCCCCCCCC1CCc2cc(-c3ccc(CC(C)CCCC)cc3)nc(F)c2C1(F)F. The third-order valence-corrected chi connectivity index (χ3v) is 7.71. The highest BCUT2D eigenvalue weighted by atomic mass is 19.3. The molecule has 1 aliphatic carbocycles. The molecule has 0 fully saturated rings. The van der Waals surface area contributed by atoms with E-state index in [1.54, 1.807) is 6.07 Å². The lowest BCUT2D eigenvalue weighted by Gasteiger charge is -2.33. The molecule has 1 aromatic carbocycles. The number of fused-ring (bicyclic) bond motifs is 1. The predicted molar refractivity (Wildman–Crippen MR) is 140 cm³/mol. The number of unbranched alkanes of at least 4 members (excludes halogenated alkanes) is 7. The second kappa shape index (κ2) is 13.5. The largest absolute Gasteiger partial charge is 0.280 e. The number of aromatic nitrogens is 1. The van der Waals surface area contributed by atoms with Gasteiger partial charge in [0.1, 0.15) is 0 Å². The summed E-state index contributed by atoms with van der Waals surface area (Å²) in [4.78, 5) is 4.01. The van der Waals surface area contributed by atoms with Crippen molar-refractivity contribution >= 4 is 0 Å². The molecule has 0 saturated carbocycles. The topological polar surface area (TPSA) is 12.9 Å². The third-order valence-electron chi connectivity index (χ3n) is 7.71. The highest BCUT2D eigenvalue weighted by molar-refractivity contribution is 5.61. The average molecular weight is 488 g/mol. The Morgan fingerprint density at radius 3 is 2.29 bits per heavy atom. The van der Waals surface area contributed by atoms with Crippen molar-refractivity contribution in [2.45, 2.75) is 117 Å². The van der Waals surface area contributed by atoms with E-state index in [1.807, 2.05) is 12.1 Å². The van der Waals surface area contributed by atoms with Crippen LogP contribution in [0.15, 0.2) is 30.3 Å². The lowest BCUT2D eigenvalue weighted by Crippen LogP contribution is -2.33. The molecule has 0 amide bonds. The van der Waals surface area contributed by atoms with E-state index in [0.29, 0.717) is 36.4 Å². The Labute approximate surface area is 210 Å². The van der Waals surface area contributed by atoms with Crippen molar-refractivity contribution in [1.82, 2.24) is 4.98 Å². The first-order valence-corrected chi connectivity index (χ1v) is 14.0. The zero-order valence-electron chi connectivity index (χ0n) is 22.0. The molecule has 194 valence electrons. The molecule has 0 radical (unpaired) electrons. The van der Waals surface area contributed by atoms with Crippen LogP contribution in [-0.4, -0.2) is 4.98 Å². The molecule has 1 nitrogen and oxygen atoms in total. The molecule has 2 atom stereocenters. The first kappa shape index (κ1) is 27.7. The summed E-state index contributed by atoms with van der Waals surface area (Å²) < 4.78 is 45.7. The molecular weight excluding hydrogens is 443 g/mol. The van der Waals surface area contributed by atoms with Gasteiger partial charge >= 0.3 is 0 Å². The van der Waals surface area contributed by atoms with Gasteiger partial charge in [-0.15, -0.1) is 0 Å². The summed E-state index contributed by atoms with van der Waals surface area (Å²) in [6.07, 6.45) is 13.8. The maximum Gasteiger partial charge on any atom is 0.280 e. The monoisotopic (exact) mass is 487 g/mol. The Hall–Kier alpha value is -1.84. The Kier molecular flexibility index (Phi) is 10.7. The minimum atomic E-state index is -3.15. The summed E-state index contributed by atoms with van der Waals surface area (Å²) in [7, 11) is 0. The zero-order chi connectivity index (χ0) is 25.3. The third kappa shape index (κ3) is 7.57. The number of hydrogen-bond acceptors (Lipinski definition) is 1. The minimum Gasteiger partial charge on any atom is -0.219 e. The summed E-state index contributed by atoms with van der Waals surface area (Å²) in [6, 6.07) is 9.70. The van der Waals surface area contributed by atoms with Crippen molar-refractivity contribution < 1.29 is 13.2 Å². The molecule has 0 bridgehead atoms. The molecule has 3 rings (SSSR count). The molecule has 0 spiro atoms. The number of aryl methyl sites for hydroxylation is 1. The molecule has 35 heavy (non-hydrogen) atoms. The van der Waals surface area contributed by atoms with Gasteiger partial charge in [-0.3, -0.25) is 0 Å². The number of pyridine rings is 1. The van der Waals surface area contributed by atoms with Crippen LogP contribution in [0.5, 0.6) is 0 Å².